The minimum absolute atomic E-state index is 0.135. The minimum atomic E-state index is -0.817. The molecule has 0 unspecified atom stereocenters. The highest BCUT2D eigenvalue weighted by molar-refractivity contribution is 5.91. The fourth-order valence-corrected chi connectivity index (χ4v) is 2.25. The number of carboxylic acids is 1. The first-order valence-corrected chi connectivity index (χ1v) is 7.03. The molecule has 110 valence electrons. The molecule has 0 bridgehead atoms. The summed E-state index contributed by atoms with van der Waals surface area (Å²) in [7, 11) is 0. The highest BCUT2D eigenvalue weighted by atomic mass is 16.4. The first-order chi connectivity index (χ1) is 9.43. The number of carbonyl (C=O) groups excluding carboxylic acids is 1. The summed E-state index contributed by atoms with van der Waals surface area (Å²) in [6.45, 7) is 5.76. The zero-order chi connectivity index (χ0) is 15.1. The third-order valence-corrected chi connectivity index (χ3v) is 3.45. The third-order valence-electron chi connectivity index (χ3n) is 3.45. The lowest BCUT2D eigenvalue weighted by Crippen LogP contribution is -2.25. The molecule has 1 rings (SSSR count). The molecule has 0 spiro atoms. The van der Waals surface area contributed by atoms with Gasteiger partial charge in [-0.15, -0.1) is 0 Å². The highest BCUT2D eigenvalue weighted by Crippen LogP contribution is 2.22. The highest BCUT2D eigenvalue weighted by Gasteiger charge is 2.25. The number of rotatable bonds is 7. The normalized spacial score (nSPS) is 13.6. The number of amides is 1. The number of nitrogens with one attached hydrogen (secondary N) is 1. The Morgan fingerprint density at radius 2 is 1.85 bits per heavy atom. The van der Waals surface area contributed by atoms with E-state index in [0.29, 0.717) is 6.42 Å². The monoisotopic (exact) mass is 277 g/mol. The van der Waals surface area contributed by atoms with Crippen LogP contribution in [0.1, 0.15) is 38.7 Å². The van der Waals surface area contributed by atoms with Crippen LogP contribution in [0, 0.1) is 18.8 Å². The Labute approximate surface area is 120 Å². The molecule has 2 N–H and O–H groups in total. The molecule has 1 aromatic rings. The molecule has 0 radical (unpaired) electrons. The van der Waals surface area contributed by atoms with Gasteiger partial charge in [0.25, 0.3) is 0 Å². The molecule has 4 heteroatoms. The second-order valence-corrected chi connectivity index (χ2v) is 5.33. The van der Waals surface area contributed by atoms with Crippen LogP contribution >= 0.6 is 0 Å². The van der Waals surface area contributed by atoms with E-state index in [-0.39, 0.29) is 18.2 Å². The molecule has 4 nitrogen and oxygen atoms in total. The van der Waals surface area contributed by atoms with Gasteiger partial charge in [-0.25, -0.2) is 0 Å². The number of hydrogen-bond acceptors (Lipinski definition) is 2. The van der Waals surface area contributed by atoms with Crippen LogP contribution in [0.4, 0.5) is 5.69 Å². The fourth-order valence-electron chi connectivity index (χ4n) is 2.25. The molecule has 1 amide bonds. The van der Waals surface area contributed by atoms with Crippen LogP contribution in [0.15, 0.2) is 24.3 Å². The van der Waals surface area contributed by atoms with Crippen molar-refractivity contribution in [3.63, 3.8) is 0 Å². The number of hydrogen-bond donors (Lipinski definition) is 2. The van der Waals surface area contributed by atoms with Gasteiger partial charge < -0.3 is 10.4 Å². The SMILES string of the molecule is CCC[C@H](C(=O)O)[C@H](C)CC(=O)Nc1ccc(C)cc1. The van der Waals surface area contributed by atoms with E-state index in [1.165, 1.54) is 0 Å². The Balaban J connectivity index is 2.56. The average molecular weight is 277 g/mol. The molecule has 1 aromatic carbocycles. The van der Waals surface area contributed by atoms with Gasteiger partial charge in [0.15, 0.2) is 0 Å². The summed E-state index contributed by atoms with van der Waals surface area (Å²) in [5, 5.41) is 12.0. The van der Waals surface area contributed by atoms with Crippen molar-refractivity contribution >= 4 is 17.6 Å². The van der Waals surface area contributed by atoms with Crippen molar-refractivity contribution < 1.29 is 14.7 Å². The number of anilines is 1. The molecule has 0 aliphatic carbocycles. The summed E-state index contributed by atoms with van der Waals surface area (Å²) in [6.07, 6.45) is 1.64. The molecular weight excluding hydrogens is 254 g/mol. The van der Waals surface area contributed by atoms with Crippen LogP contribution < -0.4 is 5.32 Å². The van der Waals surface area contributed by atoms with Crippen LogP contribution in [-0.2, 0) is 9.59 Å². The lowest BCUT2D eigenvalue weighted by molar-refractivity contribution is -0.144. The van der Waals surface area contributed by atoms with Gasteiger partial charge in [0.1, 0.15) is 0 Å². The smallest absolute Gasteiger partial charge is 0.306 e. The number of carbonyl (C=O) groups is 2. The third kappa shape index (κ3) is 5.03. The summed E-state index contributed by atoms with van der Waals surface area (Å²) in [4.78, 5) is 23.1. The standard InChI is InChI=1S/C16H23NO3/c1-4-5-14(16(19)20)12(3)10-15(18)17-13-8-6-11(2)7-9-13/h6-9,12,14H,4-5,10H2,1-3H3,(H,17,18)(H,19,20)/t12-,14+/m1/s1. The van der Waals surface area contributed by atoms with E-state index in [1.54, 1.807) is 0 Å². The largest absolute Gasteiger partial charge is 0.481 e. The Hall–Kier alpha value is -1.84. The molecule has 20 heavy (non-hydrogen) atoms. The first-order valence-electron chi connectivity index (χ1n) is 7.03. The van der Waals surface area contributed by atoms with Crippen molar-refractivity contribution in [1.29, 1.82) is 0 Å². The topological polar surface area (TPSA) is 66.4 Å². The first kappa shape index (κ1) is 16.2. The quantitative estimate of drug-likeness (QED) is 0.802. The van der Waals surface area contributed by atoms with E-state index in [0.717, 1.165) is 17.7 Å². The van der Waals surface area contributed by atoms with Crippen LogP contribution in [0.2, 0.25) is 0 Å². The van der Waals surface area contributed by atoms with Crippen molar-refractivity contribution in [2.75, 3.05) is 5.32 Å². The lowest BCUT2D eigenvalue weighted by Gasteiger charge is -2.19. The van der Waals surface area contributed by atoms with E-state index in [1.807, 2.05) is 45.0 Å². The predicted molar refractivity (Wildman–Crippen MR) is 79.6 cm³/mol. The predicted octanol–water partition coefficient (Wildman–Crippen LogP) is 3.46. The Morgan fingerprint density at radius 3 is 2.35 bits per heavy atom. The maximum atomic E-state index is 11.9. The molecule has 0 heterocycles. The van der Waals surface area contributed by atoms with Gasteiger partial charge in [0.05, 0.1) is 5.92 Å². The summed E-state index contributed by atoms with van der Waals surface area (Å²) < 4.78 is 0. The Morgan fingerprint density at radius 1 is 1.25 bits per heavy atom. The second-order valence-electron chi connectivity index (χ2n) is 5.33. The maximum Gasteiger partial charge on any atom is 0.306 e. The van der Waals surface area contributed by atoms with Gasteiger partial charge >= 0.3 is 5.97 Å². The van der Waals surface area contributed by atoms with E-state index in [4.69, 9.17) is 0 Å². The summed E-state index contributed by atoms with van der Waals surface area (Å²) in [5.41, 5.74) is 1.88. The summed E-state index contributed by atoms with van der Waals surface area (Å²) in [5.74, 6) is -1.58. The van der Waals surface area contributed by atoms with Crippen molar-refractivity contribution in [2.45, 2.75) is 40.0 Å². The van der Waals surface area contributed by atoms with Gasteiger partial charge in [-0.05, 0) is 31.4 Å². The summed E-state index contributed by atoms with van der Waals surface area (Å²) >= 11 is 0. The minimum Gasteiger partial charge on any atom is -0.481 e. The maximum absolute atomic E-state index is 11.9. The van der Waals surface area contributed by atoms with Crippen molar-refractivity contribution in [2.24, 2.45) is 11.8 Å². The number of aliphatic carboxylic acids is 1. The number of benzene rings is 1. The van der Waals surface area contributed by atoms with E-state index in [2.05, 4.69) is 5.32 Å². The number of aryl methyl sites for hydroxylation is 1. The molecule has 0 saturated carbocycles. The van der Waals surface area contributed by atoms with Crippen LogP contribution in [0.3, 0.4) is 0 Å². The molecule has 0 aromatic heterocycles. The van der Waals surface area contributed by atoms with Crippen LogP contribution in [0.5, 0.6) is 0 Å². The van der Waals surface area contributed by atoms with Gasteiger partial charge in [0.2, 0.25) is 5.91 Å². The average Bonchev–Trinajstić information content (AvgIpc) is 2.38. The van der Waals surface area contributed by atoms with E-state index < -0.39 is 11.9 Å². The zero-order valence-corrected chi connectivity index (χ0v) is 12.3. The van der Waals surface area contributed by atoms with Gasteiger partial charge in [0, 0.05) is 12.1 Å². The number of carboxylic acid groups (broad SMARTS) is 1. The Bertz CT molecular complexity index is 453. The van der Waals surface area contributed by atoms with Gasteiger partial charge in [-0.2, -0.15) is 0 Å². The molecular formula is C16H23NO3. The fraction of sp³-hybridized carbons (Fsp3) is 0.500. The van der Waals surface area contributed by atoms with Crippen molar-refractivity contribution in [3.8, 4) is 0 Å². The van der Waals surface area contributed by atoms with E-state index >= 15 is 0 Å². The molecule has 0 fully saturated rings. The van der Waals surface area contributed by atoms with Gasteiger partial charge in [-0.3, -0.25) is 9.59 Å². The van der Waals surface area contributed by atoms with Crippen LogP contribution in [-0.4, -0.2) is 17.0 Å². The lowest BCUT2D eigenvalue weighted by atomic mass is 9.87. The van der Waals surface area contributed by atoms with E-state index in [9.17, 15) is 14.7 Å². The zero-order valence-electron chi connectivity index (χ0n) is 12.3. The Kier molecular flexibility index (Phi) is 6.22. The molecule has 2 atom stereocenters. The molecule has 0 aliphatic rings. The molecule has 0 aliphatic heterocycles. The molecule has 0 saturated heterocycles. The van der Waals surface area contributed by atoms with Crippen molar-refractivity contribution in [1.82, 2.24) is 0 Å². The van der Waals surface area contributed by atoms with Gasteiger partial charge in [-0.1, -0.05) is 38.0 Å². The summed E-state index contributed by atoms with van der Waals surface area (Å²) in [6, 6.07) is 7.55. The van der Waals surface area contributed by atoms with Crippen molar-refractivity contribution in [3.05, 3.63) is 29.8 Å². The van der Waals surface area contributed by atoms with Crippen LogP contribution in [0.25, 0.3) is 0 Å². The second kappa shape index (κ2) is 7.68.